The predicted octanol–water partition coefficient (Wildman–Crippen LogP) is 3.44. The van der Waals surface area contributed by atoms with Crippen molar-refractivity contribution in [3.05, 3.63) is 53.4 Å². The normalized spacial score (nSPS) is 14.4. The first kappa shape index (κ1) is 20.0. The summed E-state index contributed by atoms with van der Waals surface area (Å²) in [4.78, 5) is 6.55. The number of oxazole rings is 1. The van der Waals surface area contributed by atoms with Gasteiger partial charge in [-0.1, -0.05) is 18.2 Å². The van der Waals surface area contributed by atoms with E-state index in [4.69, 9.17) is 18.3 Å². The number of hydrogen-bond donors (Lipinski definition) is 1. The van der Waals surface area contributed by atoms with Crippen molar-refractivity contribution in [2.75, 3.05) is 44.7 Å². The smallest absolute Gasteiger partial charge is 0.266 e. The summed E-state index contributed by atoms with van der Waals surface area (Å²) in [5.74, 6) is 2.53. The number of anilines is 1. The molecule has 8 heteroatoms. The van der Waals surface area contributed by atoms with E-state index >= 15 is 0 Å². The van der Waals surface area contributed by atoms with Gasteiger partial charge in [0.05, 0.1) is 13.2 Å². The molecule has 1 aliphatic rings. The Labute approximate surface area is 175 Å². The lowest BCUT2D eigenvalue weighted by molar-refractivity contribution is 0.0398. The Morgan fingerprint density at radius 3 is 2.80 bits per heavy atom. The number of aryl methyl sites for hydroxylation is 1. The Kier molecular flexibility index (Phi) is 6.32. The topological polar surface area (TPSA) is 96.7 Å². The van der Waals surface area contributed by atoms with Gasteiger partial charge in [-0.3, -0.25) is 4.90 Å². The Balaban J connectivity index is 1.37. The summed E-state index contributed by atoms with van der Waals surface area (Å²) in [5, 5.41) is 12.5. The molecule has 8 nitrogen and oxygen atoms in total. The predicted molar refractivity (Wildman–Crippen MR) is 110 cm³/mol. The fourth-order valence-electron chi connectivity index (χ4n) is 3.21. The van der Waals surface area contributed by atoms with Crippen LogP contribution >= 0.6 is 0 Å². The van der Waals surface area contributed by atoms with Gasteiger partial charge in [-0.15, -0.1) is 0 Å². The van der Waals surface area contributed by atoms with E-state index in [9.17, 15) is 5.26 Å². The number of nitrogens with one attached hydrogen (secondary N) is 1. The number of nitrogens with zero attached hydrogens (tertiary/aromatic N) is 3. The quantitative estimate of drug-likeness (QED) is 0.605. The molecule has 0 bridgehead atoms. The molecule has 30 heavy (non-hydrogen) atoms. The maximum Gasteiger partial charge on any atom is 0.266 e. The molecule has 1 fully saturated rings. The zero-order valence-electron chi connectivity index (χ0n) is 16.9. The van der Waals surface area contributed by atoms with Crippen molar-refractivity contribution in [1.82, 2.24) is 9.88 Å². The summed E-state index contributed by atoms with van der Waals surface area (Å²) in [6.45, 7) is 7.10. The average Bonchev–Trinajstić information content (AvgIpc) is 3.41. The first-order chi connectivity index (χ1) is 14.7. The molecular weight excluding hydrogens is 384 g/mol. The van der Waals surface area contributed by atoms with Crippen LogP contribution in [0.2, 0.25) is 0 Å². The van der Waals surface area contributed by atoms with Gasteiger partial charge in [-0.25, -0.2) is 0 Å². The molecule has 0 radical (unpaired) electrons. The minimum atomic E-state index is 0.209. The number of ether oxygens (including phenoxy) is 2. The number of morpholine rings is 1. The van der Waals surface area contributed by atoms with Gasteiger partial charge in [-0.2, -0.15) is 10.2 Å². The van der Waals surface area contributed by atoms with E-state index < -0.39 is 0 Å². The third-order valence-corrected chi connectivity index (χ3v) is 4.89. The van der Waals surface area contributed by atoms with E-state index in [2.05, 4.69) is 21.3 Å². The molecule has 3 aromatic rings. The van der Waals surface area contributed by atoms with Crippen molar-refractivity contribution in [3.8, 4) is 23.5 Å². The third-order valence-electron chi connectivity index (χ3n) is 4.89. The molecule has 0 unspecified atom stereocenters. The molecule has 156 valence electrons. The number of aromatic nitrogens is 1. The Morgan fingerprint density at radius 1 is 1.17 bits per heavy atom. The van der Waals surface area contributed by atoms with E-state index in [0.717, 1.165) is 44.2 Å². The molecule has 1 saturated heterocycles. The molecule has 0 saturated carbocycles. The van der Waals surface area contributed by atoms with Gasteiger partial charge in [0.1, 0.15) is 24.2 Å². The molecule has 1 N–H and O–H groups in total. The van der Waals surface area contributed by atoms with Crippen LogP contribution in [0.15, 0.2) is 45.2 Å². The summed E-state index contributed by atoms with van der Waals surface area (Å²) in [7, 11) is 0. The summed E-state index contributed by atoms with van der Waals surface area (Å²) >= 11 is 0. The maximum absolute atomic E-state index is 9.38. The van der Waals surface area contributed by atoms with Gasteiger partial charge in [0, 0.05) is 26.2 Å². The molecule has 1 aromatic carbocycles. The SMILES string of the molecule is Cc1ccccc1OCc1ccc(-c2nc(C#N)c(NCCN3CCOCC3)o2)o1. The monoisotopic (exact) mass is 408 g/mol. The van der Waals surface area contributed by atoms with Crippen molar-refractivity contribution in [1.29, 1.82) is 5.26 Å². The first-order valence-electron chi connectivity index (χ1n) is 9.95. The second kappa shape index (κ2) is 9.48. The van der Waals surface area contributed by atoms with Gasteiger partial charge in [0.25, 0.3) is 5.89 Å². The van der Waals surface area contributed by atoms with Crippen LogP contribution in [0.4, 0.5) is 5.88 Å². The fraction of sp³-hybridized carbons (Fsp3) is 0.364. The number of hydrogen-bond acceptors (Lipinski definition) is 8. The molecule has 3 heterocycles. The number of benzene rings is 1. The number of nitriles is 1. The fourth-order valence-corrected chi connectivity index (χ4v) is 3.21. The van der Waals surface area contributed by atoms with Crippen molar-refractivity contribution < 1.29 is 18.3 Å². The minimum absolute atomic E-state index is 0.209. The van der Waals surface area contributed by atoms with Crippen molar-refractivity contribution >= 4 is 5.88 Å². The maximum atomic E-state index is 9.38. The molecule has 0 aliphatic carbocycles. The van der Waals surface area contributed by atoms with Crippen LogP contribution in [0.1, 0.15) is 17.0 Å². The molecule has 2 aromatic heterocycles. The summed E-state index contributed by atoms with van der Waals surface area (Å²) in [5.41, 5.74) is 1.27. The van der Waals surface area contributed by atoms with Crippen molar-refractivity contribution in [3.63, 3.8) is 0 Å². The van der Waals surface area contributed by atoms with Gasteiger partial charge >= 0.3 is 0 Å². The molecule has 0 spiro atoms. The van der Waals surface area contributed by atoms with Crippen LogP contribution in [0.5, 0.6) is 5.75 Å². The van der Waals surface area contributed by atoms with Gasteiger partial charge in [0.2, 0.25) is 11.6 Å². The third kappa shape index (κ3) is 4.82. The van der Waals surface area contributed by atoms with Crippen LogP contribution < -0.4 is 10.1 Å². The van der Waals surface area contributed by atoms with Gasteiger partial charge < -0.3 is 23.6 Å². The zero-order valence-corrected chi connectivity index (χ0v) is 16.9. The summed E-state index contributed by atoms with van der Waals surface area (Å²) in [6.07, 6.45) is 0. The number of para-hydroxylation sites is 1. The van der Waals surface area contributed by atoms with Crippen LogP contribution in [-0.2, 0) is 11.3 Å². The zero-order chi connectivity index (χ0) is 20.8. The van der Waals surface area contributed by atoms with Crippen molar-refractivity contribution in [2.24, 2.45) is 0 Å². The van der Waals surface area contributed by atoms with Crippen LogP contribution in [0, 0.1) is 18.3 Å². The van der Waals surface area contributed by atoms with E-state index in [0.29, 0.717) is 30.6 Å². The Morgan fingerprint density at radius 2 is 2.00 bits per heavy atom. The van der Waals surface area contributed by atoms with Crippen molar-refractivity contribution in [2.45, 2.75) is 13.5 Å². The van der Waals surface area contributed by atoms with E-state index in [1.54, 1.807) is 6.07 Å². The van der Waals surface area contributed by atoms with E-state index in [1.807, 2.05) is 37.3 Å². The highest BCUT2D eigenvalue weighted by molar-refractivity contribution is 5.54. The average molecular weight is 408 g/mol. The molecular formula is C22H24N4O4. The number of rotatable bonds is 8. The lowest BCUT2D eigenvalue weighted by Crippen LogP contribution is -2.39. The second-order valence-corrected chi connectivity index (χ2v) is 7.01. The molecule has 1 aliphatic heterocycles. The molecule has 0 atom stereocenters. The highest BCUT2D eigenvalue weighted by Crippen LogP contribution is 2.27. The summed E-state index contributed by atoms with van der Waals surface area (Å²) < 4.78 is 22.7. The number of furan rings is 1. The largest absolute Gasteiger partial charge is 0.485 e. The lowest BCUT2D eigenvalue weighted by atomic mass is 10.2. The van der Waals surface area contributed by atoms with Crippen LogP contribution in [0.3, 0.4) is 0 Å². The van der Waals surface area contributed by atoms with Crippen LogP contribution in [-0.4, -0.2) is 49.3 Å². The Hall–Kier alpha value is -3.28. The van der Waals surface area contributed by atoms with Gasteiger partial charge in [-0.05, 0) is 30.7 Å². The summed E-state index contributed by atoms with van der Waals surface area (Å²) in [6, 6.07) is 13.5. The second-order valence-electron chi connectivity index (χ2n) is 7.01. The lowest BCUT2D eigenvalue weighted by Gasteiger charge is -2.26. The Bertz CT molecular complexity index is 1010. The molecule has 0 amide bonds. The highest BCUT2D eigenvalue weighted by atomic mass is 16.5. The highest BCUT2D eigenvalue weighted by Gasteiger charge is 2.18. The molecule has 4 rings (SSSR count). The van der Waals surface area contributed by atoms with Gasteiger partial charge in [0.15, 0.2) is 5.76 Å². The minimum Gasteiger partial charge on any atom is -0.485 e. The van der Waals surface area contributed by atoms with Crippen LogP contribution in [0.25, 0.3) is 11.7 Å². The van der Waals surface area contributed by atoms with E-state index in [-0.39, 0.29) is 11.6 Å². The first-order valence-corrected chi connectivity index (χ1v) is 9.95. The van der Waals surface area contributed by atoms with E-state index in [1.165, 1.54) is 0 Å². The standard InChI is InChI=1S/C22H24N4O4/c1-16-4-2-3-5-19(16)28-15-17-6-7-20(29-17)22-25-18(14-23)21(30-22)24-8-9-26-10-12-27-13-11-26/h2-7,24H,8-13,15H2,1H3.